The van der Waals surface area contributed by atoms with Crippen molar-refractivity contribution in [2.45, 2.75) is 52.4 Å². The molecule has 1 saturated carbocycles. The molecule has 0 aromatic heterocycles. The summed E-state index contributed by atoms with van der Waals surface area (Å²) in [6, 6.07) is -0.0924. The third-order valence-corrected chi connectivity index (χ3v) is 5.41. The van der Waals surface area contributed by atoms with Crippen LogP contribution in [0.5, 0.6) is 0 Å². The van der Waals surface area contributed by atoms with Crippen LogP contribution in [0.3, 0.4) is 0 Å². The fraction of sp³-hybridized carbons (Fsp3) is 0.875. The van der Waals surface area contributed by atoms with Crippen LogP contribution in [0.15, 0.2) is 0 Å². The average Bonchev–Trinajstić information content (AvgIpc) is 2.95. The van der Waals surface area contributed by atoms with Crippen molar-refractivity contribution in [3.05, 3.63) is 0 Å². The molecule has 1 saturated heterocycles. The predicted octanol–water partition coefficient (Wildman–Crippen LogP) is 2.71. The summed E-state index contributed by atoms with van der Waals surface area (Å²) in [4.78, 5) is 25.7. The van der Waals surface area contributed by atoms with E-state index in [-0.39, 0.29) is 12.6 Å². The lowest BCUT2D eigenvalue weighted by molar-refractivity contribution is -0.151. The predicted molar refractivity (Wildman–Crippen MR) is 81.1 cm³/mol. The molecule has 1 unspecified atom stereocenters. The Bertz CT molecular complexity index is 389. The van der Waals surface area contributed by atoms with Gasteiger partial charge in [-0.2, -0.15) is 0 Å². The fourth-order valence-corrected chi connectivity index (χ4v) is 3.49. The first-order valence-electron chi connectivity index (χ1n) is 8.23. The average molecular weight is 296 g/mol. The molecule has 1 heterocycles. The topological polar surface area (TPSA) is 69.6 Å². The van der Waals surface area contributed by atoms with E-state index < -0.39 is 11.4 Å². The van der Waals surface area contributed by atoms with Crippen molar-refractivity contribution in [2.24, 2.45) is 17.3 Å². The number of urea groups is 1. The number of carbonyl (C=O) groups is 2. The fourth-order valence-electron chi connectivity index (χ4n) is 3.49. The number of nitrogens with one attached hydrogen (secondary N) is 1. The van der Waals surface area contributed by atoms with Crippen molar-refractivity contribution in [1.29, 1.82) is 0 Å². The first-order valence-corrected chi connectivity index (χ1v) is 8.23. The maximum atomic E-state index is 12.2. The molecule has 120 valence electrons. The second-order valence-corrected chi connectivity index (χ2v) is 6.94. The van der Waals surface area contributed by atoms with E-state index >= 15 is 0 Å². The van der Waals surface area contributed by atoms with E-state index in [0.717, 1.165) is 38.8 Å². The van der Waals surface area contributed by atoms with Crippen LogP contribution in [0, 0.1) is 17.3 Å². The van der Waals surface area contributed by atoms with Gasteiger partial charge in [-0.15, -0.1) is 0 Å². The van der Waals surface area contributed by atoms with Gasteiger partial charge in [0.05, 0.1) is 5.41 Å². The smallest absolute Gasteiger partial charge is 0.317 e. The summed E-state index contributed by atoms with van der Waals surface area (Å²) < 4.78 is 0. The van der Waals surface area contributed by atoms with Crippen molar-refractivity contribution >= 4 is 12.0 Å². The second kappa shape index (κ2) is 6.67. The summed E-state index contributed by atoms with van der Waals surface area (Å²) >= 11 is 0. The first kappa shape index (κ1) is 16.1. The third kappa shape index (κ3) is 3.69. The molecule has 1 aliphatic heterocycles. The molecular formula is C16H28N2O3. The highest BCUT2D eigenvalue weighted by molar-refractivity contribution is 5.78. The van der Waals surface area contributed by atoms with Crippen LogP contribution < -0.4 is 5.32 Å². The molecule has 2 aliphatic rings. The molecule has 0 bridgehead atoms. The Morgan fingerprint density at radius 3 is 2.48 bits per heavy atom. The molecule has 5 heteroatoms. The number of carbonyl (C=O) groups excluding carboxylic acids is 1. The minimum Gasteiger partial charge on any atom is -0.481 e. The Balaban J connectivity index is 1.88. The summed E-state index contributed by atoms with van der Waals surface area (Å²) in [6.45, 7) is 6.18. The van der Waals surface area contributed by atoms with Crippen molar-refractivity contribution in [3.63, 3.8) is 0 Å². The molecule has 1 aliphatic carbocycles. The molecule has 2 N–H and O–H groups in total. The monoisotopic (exact) mass is 296 g/mol. The van der Waals surface area contributed by atoms with E-state index in [9.17, 15) is 14.7 Å². The van der Waals surface area contributed by atoms with Gasteiger partial charge in [0.1, 0.15) is 0 Å². The van der Waals surface area contributed by atoms with E-state index in [1.165, 1.54) is 0 Å². The summed E-state index contributed by atoms with van der Waals surface area (Å²) in [6.07, 6.45) is 5.36. The Hall–Kier alpha value is -1.26. The third-order valence-electron chi connectivity index (χ3n) is 5.41. The lowest BCUT2D eigenvalue weighted by Gasteiger charge is -2.36. The van der Waals surface area contributed by atoms with Crippen LogP contribution in [0.2, 0.25) is 0 Å². The van der Waals surface area contributed by atoms with Crippen molar-refractivity contribution in [1.82, 2.24) is 10.2 Å². The molecule has 0 spiro atoms. The van der Waals surface area contributed by atoms with Gasteiger partial charge in [0.15, 0.2) is 0 Å². The maximum Gasteiger partial charge on any atom is 0.317 e. The zero-order chi connectivity index (χ0) is 15.5. The molecular weight excluding hydrogens is 268 g/mol. The quantitative estimate of drug-likeness (QED) is 0.838. The van der Waals surface area contributed by atoms with Crippen LogP contribution in [0.25, 0.3) is 0 Å². The van der Waals surface area contributed by atoms with E-state index in [1.54, 1.807) is 0 Å². The Morgan fingerprint density at radius 1 is 1.29 bits per heavy atom. The van der Waals surface area contributed by atoms with Gasteiger partial charge in [0.2, 0.25) is 0 Å². The molecule has 0 aromatic rings. The number of amides is 2. The van der Waals surface area contributed by atoms with Crippen LogP contribution >= 0.6 is 0 Å². The number of likely N-dealkylation sites (tertiary alicyclic amines) is 1. The van der Waals surface area contributed by atoms with Crippen molar-refractivity contribution in [2.75, 3.05) is 19.6 Å². The summed E-state index contributed by atoms with van der Waals surface area (Å²) in [5.74, 6) is 0.430. The number of aliphatic carboxylic acids is 1. The zero-order valence-corrected chi connectivity index (χ0v) is 13.2. The summed E-state index contributed by atoms with van der Waals surface area (Å²) in [7, 11) is 0. The number of rotatable bonds is 4. The molecule has 2 fully saturated rings. The van der Waals surface area contributed by atoms with Crippen LogP contribution in [0.1, 0.15) is 52.4 Å². The van der Waals surface area contributed by atoms with Gasteiger partial charge in [-0.1, -0.05) is 20.3 Å². The lowest BCUT2D eigenvalue weighted by atomic mass is 9.71. The maximum absolute atomic E-state index is 12.2. The van der Waals surface area contributed by atoms with Crippen LogP contribution in [-0.2, 0) is 4.79 Å². The normalized spacial score (nSPS) is 33.0. The molecule has 2 rings (SSSR count). The Labute approximate surface area is 127 Å². The summed E-state index contributed by atoms with van der Waals surface area (Å²) in [5.41, 5.74) is -0.758. The van der Waals surface area contributed by atoms with Gasteiger partial charge in [-0.05, 0) is 43.9 Å². The highest BCUT2D eigenvalue weighted by atomic mass is 16.4. The number of carboxylic acids is 1. The van der Waals surface area contributed by atoms with Crippen LogP contribution in [-0.4, -0.2) is 41.6 Å². The Morgan fingerprint density at radius 2 is 1.95 bits per heavy atom. The zero-order valence-electron chi connectivity index (χ0n) is 13.2. The van der Waals surface area contributed by atoms with Gasteiger partial charge in [-0.3, -0.25) is 4.79 Å². The largest absolute Gasteiger partial charge is 0.481 e. The highest BCUT2D eigenvalue weighted by Gasteiger charge is 2.41. The molecule has 0 aromatic carbocycles. The SMILES string of the molecule is CCC1CCN(C(=O)NCC2(C(=O)O)CCC(C)CC2)C1. The van der Waals surface area contributed by atoms with Crippen molar-refractivity contribution < 1.29 is 14.7 Å². The first-order chi connectivity index (χ1) is 9.97. The number of carboxylic acid groups (broad SMARTS) is 1. The number of hydrogen-bond acceptors (Lipinski definition) is 2. The van der Waals surface area contributed by atoms with E-state index in [2.05, 4.69) is 19.2 Å². The summed E-state index contributed by atoms with van der Waals surface area (Å²) in [5, 5.41) is 12.5. The lowest BCUT2D eigenvalue weighted by Crippen LogP contribution is -2.48. The molecule has 5 nitrogen and oxygen atoms in total. The second-order valence-electron chi connectivity index (χ2n) is 6.94. The molecule has 0 radical (unpaired) electrons. The number of hydrogen-bond donors (Lipinski definition) is 2. The minimum atomic E-state index is -0.762. The van der Waals surface area contributed by atoms with Gasteiger partial charge in [0.25, 0.3) is 0 Å². The van der Waals surface area contributed by atoms with E-state index in [1.807, 2.05) is 4.90 Å². The minimum absolute atomic E-state index is 0.0924. The highest BCUT2D eigenvalue weighted by Crippen LogP contribution is 2.38. The number of nitrogens with zero attached hydrogens (tertiary/aromatic N) is 1. The van der Waals surface area contributed by atoms with Gasteiger partial charge in [-0.25, -0.2) is 4.79 Å². The van der Waals surface area contributed by atoms with Gasteiger partial charge >= 0.3 is 12.0 Å². The van der Waals surface area contributed by atoms with Gasteiger partial charge in [0, 0.05) is 19.6 Å². The van der Waals surface area contributed by atoms with Gasteiger partial charge < -0.3 is 15.3 Å². The molecule has 21 heavy (non-hydrogen) atoms. The Kier molecular flexibility index (Phi) is 5.12. The van der Waals surface area contributed by atoms with E-state index in [0.29, 0.717) is 24.7 Å². The van der Waals surface area contributed by atoms with Crippen LogP contribution in [0.4, 0.5) is 4.79 Å². The molecule has 1 atom stereocenters. The van der Waals surface area contributed by atoms with Crippen molar-refractivity contribution in [3.8, 4) is 0 Å². The molecule has 2 amide bonds. The standard InChI is InChI=1S/C16H28N2O3/c1-3-13-6-9-18(10-13)15(21)17-11-16(14(19)20)7-4-12(2)5-8-16/h12-13H,3-11H2,1-2H3,(H,17,21)(H,19,20). The van der Waals surface area contributed by atoms with E-state index in [4.69, 9.17) is 0 Å².